The summed E-state index contributed by atoms with van der Waals surface area (Å²) in [4.78, 5) is 22.9. The number of nitrogens with zero attached hydrogens (tertiary/aromatic N) is 4. The van der Waals surface area contributed by atoms with Crippen molar-refractivity contribution in [3.8, 4) is 6.07 Å². The van der Waals surface area contributed by atoms with E-state index >= 15 is 0 Å². The molecule has 0 aromatic carbocycles. The van der Waals surface area contributed by atoms with Gasteiger partial charge in [-0.25, -0.2) is 0 Å². The number of aromatic nitrogens is 1. The number of anilines is 1. The van der Waals surface area contributed by atoms with E-state index < -0.39 is 0 Å². The van der Waals surface area contributed by atoms with Gasteiger partial charge < -0.3 is 5.32 Å². The van der Waals surface area contributed by atoms with Gasteiger partial charge in [-0.3, -0.25) is 19.6 Å². The van der Waals surface area contributed by atoms with Crippen molar-refractivity contribution < 1.29 is 4.79 Å². The molecule has 2 aromatic heterocycles. The number of pyridine rings is 1. The van der Waals surface area contributed by atoms with Crippen LogP contribution in [0.25, 0.3) is 0 Å². The van der Waals surface area contributed by atoms with Gasteiger partial charge in [-0.15, -0.1) is 11.3 Å². The van der Waals surface area contributed by atoms with Crippen molar-refractivity contribution in [2.45, 2.75) is 38.6 Å². The standard InChI is InChI=1S/C22H27N5OS/c23-14-19-18-7-2-1-3-8-20(18)29-22(19)25-21(28)16-27-12-10-26(11-13-27)15-17-6-4-5-9-24-17/h4-6,9H,1-3,7-8,10-13,15-16H2,(H,25,28). The van der Waals surface area contributed by atoms with Crippen molar-refractivity contribution in [3.05, 3.63) is 46.1 Å². The molecule has 4 rings (SSSR count). The van der Waals surface area contributed by atoms with Crippen molar-refractivity contribution in [1.82, 2.24) is 14.8 Å². The summed E-state index contributed by atoms with van der Waals surface area (Å²) in [6, 6.07) is 8.34. The van der Waals surface area contributed by atoms with Crippen LogP contribution in [0.2, 0.25) is 0 Å². The molecule has 6 nitrogen and oxygen atoms in total. The van der Waals surface area contributed by atoms with E-state index in [2.05, 4.69) is 32.2 Å². The number of carbonyl (C=O) groups is 1. The summed E-state index contributed by atoms with van der Waals surface area (Å²) >= 11 is 1.60. The van der Waals surface area contributed by atoms with Crippen LogP contribution < -0.4 is 5.32 Å². The van der Waals surface area contributed by atoms with Crippen LogP contribution in [0.5, 0.6) is 0 Å². The second-order valence-electron chi connectivity index (χ2n) is 7.80. The molecule has 1 saturated heterocycles. The lowest BCUT2D eigenvalue weighted by Gasteiger charge is -2.34. The predicted octanol–water partition coefficient (Wildman–Crippen LogP) is 3.04. The minimum absolute atomic E-state index is 0.0175. The average molecular weight is 410 g/mol. The second kappa shape index (κ2) is 9.49. The molecule has 1 N–H and O–H groups in total. The first-order valence-corrected chi connectivity index (χ1v) is 11.2. The lowest BCUT2D eigenvalue weighted by Crippen LogP contribution is -2.48. The number of fused-ring (bicyclic) bond motifs is 1. The van der Waals surface area contributed by atoms with Crippen LogP contribution in [0.1, 0.15) is 41.0 Å². The Morgan fingerprint density at radius 3 is 2.69 bits per heavy atom. The molecule has 29 heavy (non-hydrogen) atoms. The van der Waals surface area contributed by atoms with E-state index in [4.69, 9.17) is 0 Å². The highest BCUT2D eigenvalue weighted by Crippen LogP contribution is 2.36. The van der Waals surface area contributed by atoms with Crippen LogP contribution in [0.3, 0.4) is 0 Å². The third-order valence-corrected chi connectivity index (χ3v) is 6.94. The van der Waals surface area contributed by atoms with E-state index in [1.54, 1.807) is 11.3 Å². The van der Waals surface area contributed by atoms with Crippen LogP contribution in [0, 0.1) is 11.3 Å². The highest BCUT2D eigenvalue weighted by molar-refractivity contribution is 7.16. The largest absolute Gasteiger partial charge is 0.315 e. The lowest BCUT2D eigenvalue weighted by molar-refractivity contribution is -0.117. The van der Waals surface area contributed by atoms with Gasteiger partial charge in [0, 0.05) is 43.8 Å². The molecule has 7 heteroatoms. The third-order valence-electron chi connectivity index (χ3n) is 5.73. The maximum atomic E-state index is 12.6. The molecule has 0 bridgehead atoms. The minimum atomic E-state index is -0.0175. The van der Waals surface area contributed by atoms with Crippen molar-refractivity contribution in [1.29, 1.82) is 5.26 Å². The maximum Gasteiger partial charge on any atom is 0.239 e. The Morgan fingerprint density at radius 1 is 1.14 bits per heavy atom. The normalized spacial score (nSPS) is 17.9. The quantitative estimate of drug-likeness (QED) is 0.769. The lowest BCUT2D eigenvalue weighted by atomic mass is 10.1. The number of thiophene rings is 1. The van der Waals surface area contributed by atoms with Crippen molar-refractivity contribution in [2.24, 2.45) is 0 Å². The summed E-state index contributed by atoms with van der Waals surface area (Å²) in [5.74, 6) is -0.0175. The van der Waals surface area contributed by atoms with Gasteiger partial charge in [0.25, 0.3) is 0 Å². The Labute approximate surface area is 176 Å². The summed E-state index contributed by atoms with van der Waals surface area (Å²) in [7, 11) is 0. The van der Waals surface area contributed by atoms with E-state index in [-0.39, 0.29) is 5.91 Å². The van der Waals surface area contributed by atoms with Gasteiger partial charge in [0.15, 0.2) is 0 Å². The maximum absolute atomic E-state index is 12.6. The molecule has 2 aromatic rings. The molecule has 1 aliphatic heterocycles. The molecule has 2 aliphatic rings. The van der Waals surface area contributed by atoms with Crippen LogP contribution in [-0.2, 0) is 24.2 Å². The van der Waals surface area contributed by atoms with Crippen molar-refractivity contribution >= 4 is 22.2 Å². The van der Waals surface area contributed by atoms with Gasteiger partial charge in [-0.05, 0) is 43.4 Å². The van der Waals surface area contributed by atoms with Gasteiger partial charge in [-0.2, -0.15) is 5.26 Å². The van der Waals surface area contributed by atoms with Crippen molar-refractivity contribution in [2.75, 3.05) is 38.0 Å². The first-order chi connectivity index (χ1) is 14.2. The summed E-state index contributed by atoms with van der Waals surface area (Å²) in [5, 5.41) is 13.4. The number of aryl methyl sites for hydroxylation is 1. The number of carbonyl (C=O) groups excluding carboxylic acids is 1. The summed E-state index contributed by atoms with van der Waals surface area (Å²) in [6.07, 6.45) is 7.35. The summed E-state index contributed by atoms with van der Waals surface area (Å²) < 4.78 is 0. The van der Waals surface area contributed by atoms with Gasteiger partial charge in [0.2, 0.25) is 5.91 Å². The van der Waals surface area contributed by atoms with E-state index in [0.29, 0.717) is 12.1 Å². The average Bonchev–Trinajstić information content (AvgIpc) is 2.89. The van der Waals surface area contributed by atoms with Gasteiger partial charge in [-0.1, -0.05) is 12.5 Å². The molecule has 0 radical (unpaired) electrons. The molecule has 1 aliphatic carbocycles. The molecule has 0 unspecified atom stereocenters. The van der Waals surface area contributed by atoms with E-state index in [1.165, 1.54) is 23.3 Å². The van der Waals surface area contributed by atoms with E-state index in [9.17, 15) is 10.1 Å². The van der Waals surface area contributed by atoms with Gasteiger partial charge in [0.05, 0.1) is 17.8 Å². The number of nitriles is 1. The number of hydrogen-bond acceptors (Lipinski definition) is 6. The Hall–Kier alpha value is -2.27. The zero-order chi connectivity index (χ0) is 20.1. The highest BCUT2D eigenvalue weighted by atomic mass is 32.1. The fourth-order valence-electron chi connectivity index (χ4n) is 4.14. The highest BCUT2D eigenvalue weighted by Gasteiger charge is 2.23. The third kappa shape index (κ3) is 5.02. The Morgan fingerprint density at radius 2 is 1.93 bits per heavy atom. The number of nitrogens with one attached hydrogen (secondary N) is 1. The Balaban J connectivity index is 1.29. The second-order valence-corrected chi connectivity index (χ2v) is 8.91. The molecular formula is C22H27N5OS. The molecule has 0 spiro atoms. The fourth-order valence-corrected chi connectivity index (χ4v) is 5.40. The molecule has 1 amide bonds. The molecule has 152 valence electrons. The Kier molecular flexibility index (Phi) is 6.55. The smallest absolute Gasteiger partial charge is 0.239 e. The van der Waals surface area contributed by atoms with Gasteiger partial charge in [0.1, 0.15) is 11.1 Å². The zero-order valence-corrected chi connectivity index (χ0v) is 17.5. The molecule has 3 heterocycles. The van der Waals surface area contributed by atoms with Crippen LogP contribution in [0.15, 0.2) is 24.4 Å². The predicted molar refractivity (Wildman–Crippen MR) is 115 cm³/mol. The molecule has 1 fully saturated rings. The number of piperazine rings is 1. The SMILES string of the molecule is N#Cc1c(NC(=O)CN2CCN(Cc3ccccn3)CC2)sc2c1CCCCC2. The van der Waals surface area contributed by atoms with Crippen LogP contribution in [-0.4, -0.2) is 53.4 Å². The number of rotatable bonds is 5. The topological polar surface area (TPSA) is 72.3 Å². The number of amides is 1. The van der Waals surface area contributed by atoms with E-state index in [1.807, 2.05) is 18.3 Å². The Bertz CT molecular complexity index is 881. The van der Waals surface area contributed by atoms with Crippen molar-refractivity contribution in [3.63, 3.8) is 0 Å². The van der Waals surface area contributed by atoms with Gasteiger partial charge >= 0.3 is 0 Å². The summed E-state index contributed by atoms with van der Waals surface area (Å²) in [5.41, 5.74) is 2.95. The number of hydrogen-bond donors (Lipinski definition) is 1. The van der Waals surface area contributed by atoms with E-state index in [0.717, 1.165) is 62.7 Å². The fraction of sp³-hybridized carbons (Fsp3) is 0.500. The molecule has 0 atom stereocenters. The zero-order valence-electron chi connectivity index (χ0n) is 16.7. The molecule has 0 saturated carbocycles. The first kappa shape index (κ1) is 20.0. The monoisotopic (exact) mass is 409 g/mol. The summed E-state index contributed by atoms with van der Waals surface area (Å²) in [6.45, 7) is 4.83. The first-order valence-electron chi connectivity index (χ1n) is 10.4. The molecular weight excluding hydrogens is 382 g/mol. The minimum Gasteiger partial charge on any atom is -0.315 e. The van der Waals surface area contributed by atoms with Crippen LogP contribution in [0.4, 0.5) is 5.00 Å². The van der Waals surface area contributed by atoms with Crippen LogP contribution >= 0.6 is 11.3 Å².